The Kier molecular flexibility index (Phi) is 6.36. The van der Waals surface area contributed by atoms with Gasteiger partial charge in [-0.2, -0.15) is 0 Å². The first kappa shape index (κ1) is 20.9. The van der Waals surface area contributed by atoms with E-state index in [4.69, 9.17) is 4.74 Å². The Morgan fingerprint density at radius 3 is 2.53 bits per heavy atom. The molecule has 3 rings (SSSR count). The molecule has 30 heavy (non-hydrogen) atoms. The van der Waals surface area contributed by atoms with Crippen molar-refractivity contribution in [1.29, 1.82) is 0 Å². The van der Waals surface area contributed by atoms with Gasteiger partial charge in [-0.1, -0.05) is 0 Å². The number of carbonyl (C=O) groups excluding carboxylic acids is 2. The van der Waals surface area contributed by atoms with Gasteiger partial charge in [-0.25, -0.2) is 4.79 Å². The van der Waals surface area contributed by atoms with Gasteiger partial charge in [-0.3, -0.25) is 9.78 Å². The second-order valence-electron chi connectivity index (χ2n) is 6.62. The van der Waals surface area contributed by atoms with Crippen molar-refractivity contribution in [2.24, 2.45) is 0 Å². The molecule has 1 heterocycles. The third-order valence-corrected chi connectivity index (χ3v) is 4.41. The van der Waals surface area contributed by atoms with E-state index in [-0.39, 0.29) is 23.3 Å². The Labute approximate surface area is 174 Å². The number of rotatable bonds is 6. The maximum Gasteiger partial charge on any atom is 0.319 e. The molecule has 8 nitrogen and oxygen atoms in total. The van der Waals surface area contributed by atoms with Crippen LogP contribution in [0.2, 0.25) is 0 Å². The molecular formula is C22H24N4O4. The van der Waals surface area contributed by atoms with Crippen LogP contribution in [0, 0.1) is 6.92 Å². The molecule has 0 radical (unpaired) electrons. The quantitative estimate of drug-likeness (QED) is 0.494. The molecule has 0 unspecified atom stereocenters. The Hall–Kier alpha value is -3.81. The van der Waals surface area contributed by atoms with Crippen LogP contribution in [0.4, 0.5) is 10.5 Å². The normalized spacial score (nSPS) is 10.5. The highest BCUT2D eigenvalue weighted by Gasteiger charge is 2.15. The van der Waals surface area contributed by atoms with Gasteiger partial charge in [0.1, 0.15) is 17.2 Å². The zero-order chi connectivity index (χ0) is 21.7. The van der Waals surface area contributed by atoms with Crippen LogP contribution < -0.4 is 20.7 Å². The van der Waals surface area contributed by atoms with Gasteiger partial charge in [0.05, 0.1) is 11.1 Å². The van der Waals surface area contributed by atoms with Crippen molar-refractivity contribution in [3.8, 4) is 17.2 Å². The maximum atomic E-state index is 12.2. The van der Waals surface area contributed by atoms with Crippen LogP contribution >= 0.6 is 0 Å². The highest BCUT2D eigenvalue weighted by Crippen LogP contribution is 2.33. The Morgan fingerprint density at radius 2 is 1.83 bits per heavy atom. The molecule has 0 aliphatic heterocycles. The molecule has 0 aliphatic carbocycles. The highest BCUT2D eigenvalue weighted by atomic mass is 16.5. The molecule has 0 spiro atoms. The highest BCUT2D eigenvalue weighted by molar-refractivity contribution is 6.02. The van der Waals surface area contributed by atoms with Crippen molar-refractivity contribution in [2.45, 2.75) is 20.8 Å². The van der Waals surface area contributed by atoms with E-state index in [1.165, 1.54) is 6.07 Å². The fraction of sp³-hybridized carbons (Fsp3) is 0.227. The van der Waals surface area contributed by atoms with E-state index in [0.29, 0.717) is 41.2 Å². The number of pyridine rings is 1. The number of benzene rings is 2. The van der Waals surface area contributed by atoms with Gasteiger partial charge >= 0.3 is 6.03 Å². The standard InChI is InChI=1S/C22H24N4O4/c1-4-23-21(28)16-11-15-18(12-19(16)27)25-9-8-20(15)30-14-6-7-17(13(3)10-14)26-22(29)24-5-2/h6-12,27H,4-5H2,1-3H3,(H,23,28)(H2,24,26,29). The molecular weight excluding hydrogens is 384 g/mol. The summed E-state index contributed by atoms with van der Waals surface area (Å²) in [6, 6.07) is 9.73. The van der Waals surface area contributed by atoms with Crippen molar-refractivity contribution in [3.05, 3.63) is 53.7 Å². The number of hydrogen-bond donors (Lipinski definition) is 4. The number of urea groups is 1. The number of amides is 3. The molecule has 0 bridgehead atoms. The second-order valence-corrected chi connectivity index (χ2v) is 6.62. The van der Waals surface area contributed by atoms with Crippen molar-refractivity contribution in [1.82, 2.24) is 15.6 Å². The fourth-order valence-electron chi connectivity index (χ4n) is 2.98. The van der Waals surface area contributed by atoms with Crippen molar-refractivity contribution < 1.29 is 19.4 Å². The molecule has 2 aromatic carbocycles. The second kappa shape index (κ2) is 9.13. The minimum Gasteiger partial charge on any atom is -0.507 e. The lowest BCUT2D eigenvalue weighted by Gasteiger charge is -2.13. The molecule has 0 fully saturated rings. The maximum absolute atomic E-state index is 12.2. The van der Waals surface area contributed by atoms with Crippen LogP contribution in [0.25, 0.3) is 10.9 Å². The van der Waals surface area contributed by atoms with Gasteiger partial charge < -0.3 is 25.8 Å². The van der Waals surface area contributed by atoms with Gasteiger partial charge in [-0.05, 0) is 56.7 Å². The number of nitrogens with one attached hydrogen (secondary N) is 3. The summed E-state index contributed by atoms with van der Waals surface area (Å²) in [6.45, 7) is 6.50. The molecule has 1 aromatic heterocycles. The largest absolute Gasteiger partial charge is 0.507 e. The van der Waals surface area contributed by atoms with E-state index < -0.39 is 0 Å². The van der Waals surface area contributed by atoms with Crippen LogP contribution in [-0.4, -0.2) is 35.1 Å². The Morgan fingerprint density at radius 1 is 1.07 bits per heavy atom. The average molecular weight is 408 g/mol. The van der Waals surface area contributed by atoms with Crippen molar-refractivity contribution in [3.63, 3.8) is 0 Å². The molecule has 156 valence electrons. The minimum absolute atomic E-state index is 0.144. The SMILES string of the molecule is CCNC(=O)Nc1ccc(Oc2ccnc3cc(O)c(C(=O)NCC)cc23)cc1C. The topological polar surface area (TPSA) is 113 Å². The third-order valence-electron chi connectivity index (χ3n) is 4.41. The first-order chi connectivity index (χ1) is 14.4. The summed E-state index contributed by atoms with van der Waals surface area (Å²) in [5.41, 5.74) is 2.17. The van der Waals surface area contributed by atoms with Crippen LogP contribution in [0.1, 0.15) is 29.8 Å². The molecule has 3 aromatic rings. The van der Waals surface area contributed by atoms with Gasteiger partial charge in [0.2, 0.25) is 0 Å². The summed E-state index contributed by atoms with van der Waals surface area (Å²) in [5.74, 6) is 0.543. The van der Waals surface area contributed by atoms with Gasteiger partial charge in [0.15, 0.2) is 0 Å². The predicted octanol–water partition coefficient (Wildman–Crippen LogP) is 3.93. The number of aromatic hydroxyl groups is 1. The van der Waals surface area contributed by atoms with Gasteiger partial charge in [0.25, 0.3) is 5.91 Å². The number of anilines is 1. The molecule has 8 heteroatoms. The summed E-state index contributed by atoms with van der Waals surface area (Å²) in [4.78, 5) is 28.2. The Bertz CT molecular complexity index is 1100. The smallest absolute Gasteiger partial charge is 0.319 e. The number of nitrogens with zero attached hydrogens (tertiary/aromatic N) is 1. The zero-order valence-corrected chi connectivity index (χ0v) is 17.1. The van der Waals surface area contributed by atoms with E-state index in [1.807, 2.05) is 13.8 Å². The third kappa shape index (κ3) is 4.60. The molecule has 0 saturated carbocycles. The van der Waals surface area contributed by atoms with E-state index in [1.54, 1.807) is 43.5 Å². The summed E-state index contributed by atoms with van der Waals surface area (Å²) in [7, 11) is 0. The van der Waals surface area contributed by atoms with Crippen molar-refractivity contribution in [2.75, 3.05) is 18.4 Å². The molecule has 3 amide bonds. The lowest BCUT2D eigenvalue weighted by atomic mass is 10.1. The lowest BCUT2D eigenvalue weighted by Crippen LogP contribution is -2.28. The summed E-state index contributed by atoms with van der Waals surface area (Å²) in [5, 5.41) is 18.9. The molecule has 0 saturated heterocycles. The first-order valence-corrected chi connectivity index (χ1v) is 9.66. The number of aryl methyl sites for hydroxylation is 1. The number of aromatic nitrogens is 1. The molecule has 4 N–H and O–H groups in total. The number of phenolic OH excluding ortho intramolecular Hbond substituents is 1. The van der Waals surface area contributed by atoms with Crippen LogP contribution in [0.5, 0.6) is 17.2 Å². The van der Waals surface area contributed by atoms with E-state index in [9.17, 15) is 14.7 Å². The van der Waals surface area contributed by atoms with Crippen LogP contribution in [0.15, 0.2) is 42.6 Å². The number of carbonyl (C=O) groups is 2. The average Bonchev–Trinajstić information content (AvgIpc) is 2.70. The van der Waals surface area contributed by atoms with Crippen LogP contribution in [0.3, 0.4) is 0 Å². The summed E-state index contributed by atoms with van der Waals surface area (Å²) >= 11 is 0. The monoisotopic (exact) mass is 408 g/mol. The number of fused-ring (bicyclic) bond motifs is 1. The first-order valence-electron chi connectivity index (χ1n) is 9.66. The van der Waals surface area contributed by atoms with Crippen molar-refractivity contribution >= 4 is 28.5 Å². The number of phenols is 1. The molecule has 0 aliphatic rings. The van der Waals surface area contributed by atoms with Gasteiger partial charge in [-0.15, -0.1) is 0 Å². The minimum atomic E-state index is -0.372. The van der Waals surface area contributed by atoms with Crippen LogP contribution in [-0.2, 0) is 0 Å². The Balaban J connectivity index is 1.92. The lowest BCUT2D eigenvalue weighted by molar-refractivity contribution is 0.0953. The number of hydrogen-bond acceptors (Lipinski definition) is 5. The van der Waals surface area contributed by atoms with E-state index >= 15 is 0 Å². The van der Waals surface area contributed by atoms with Gasteiger partial charge in [0, 0.05) is 36.4 Å². The number of ether oxygens (including phenoxy) is 1. The summed E-state index contributed by atoms with van der Waals surface area (Å²) < 4.78 is 6.03. The fourth-order valence-corrected chi connectivity index (χ4v) is 2.98. The molecule has 0 atom stereocenters. The van der Waals surface area contributed by atoms with E-state index in [0.717, 1.165) is 5.56 Å². The predicted molar refractivity (Wildman–Crippen MR) is 115 cm³/mol. The zero-order valence-electron chi connectivity index (χ0n) is 17.1. The summed E-state index contributed by atoms with van der Waals surface area (Å²) in [6.07, 6.45) is 1.57. The van der Waals surface area contributed by atoms with E-state index in [2.05, 4.69) is 20.9 Å².